The van der Waals surface area contributed by atoms with E-state index in [2.05, 4.69) is 20.1 Å². The fourth-order valence-corrected chi connectivity index (χ4v) is 2.02. The predicted molar refractivity (Wildman–Crippen MR) is 52.3 cm³/mol. The Bertz CT molecular complexity index is 556. The van der Waals surface area contributed by atoms with Gasteiger partial charge in [0.25, 0.3) is 0 Å². The second-order valence-electron chi connectivity index (χ2n) is 2.71. The van der Waals surface area contributed by atoms with E-state index in [0.717, 1.165) is 16.7 Å². The fraction of sp³-hybridized carbons (Fsp3) is 0. The number of fused-ring (bicyclic) bond motifs is 1. The Morgan fingerprint density at radius 3 is 3.00 bits per heavy atom. The molecule has 0 aliphatic rings. The molecule has 3 aromatic heterocycles. The maximum Gasteiger partial charge on any atom is 0.167 e. The average Bonchev–Trinajstić information content (AvgIpc) is 2.88. The normalized spacial score (nSPS) is 10.9. The van der Waals surface area contributed by atoms with Crippen molar-refractivity contribution in [2.75, 3.05) is 0 Å². The Labute approximate surface area is 83.1 Å². The summed E-state index contributed by atoms with van der Waals surface area (Å²) in [7, 11) is 0. The van der Waals surface area contributed by atoms with E-state index in [1.807, 2.05) is 10.8 Å². The van der Waals surface area contributed by atoms with Crippen molar-refractivity contribution in [3.8, 4) is 5.82 Å². The third-order valence-electron chi connectivity index (χ3n) is 1.90. The summed E-state index contributed by atoms with van der Waals surface area (Å²) in [6.07, 6.45) is 4.64. The van der Waals surface area contributed by atoms with E-state index < -0.39 is 0 Å². The van der Waals surface area contributed by atoms with Gasteiger partial charge in [-0.3, -0.25) is 0 Å². The summed E-state index contributed by atoms with van der Waals surface area (Å²) >= 11 is 1.60. The fourth-order valence-electron chi connectivity index (χ4n) is 1.27. The van der Waals surface area contributed by atoms with E-state index in [4.69, 9.17) is 0 Å². The third-order valence-corrected chi connectivity index (χ3v) is 2.63. The first-order valence-corrected chi connectivity index (χ1v) is 4.91. The van der Waals surface area contributed by atoms with Crippen molar-refractivity contribution in [3.05, 3.63) is 29.7 Å². The molecule has 0 unspecified atom stereocenters. The first-order valence-electron chi connectivity index (χ1n) is 3.97. The largest absolute Gasteiger partial charge is 0.235 e. The molecule has 0 saturated heterocycles. The molecule has 0 amide bonds. The smallest absolute Gasteiger partial charge is 0.167 e. The minimum Gasteiger partial charge on any atom is -0.235 e. The van der Waals surface area contributed by atoms with Crippen molar-refractivity contribution in [2.24, 2.45) is 0 Å². The van der Waals surface area contributed by atoms with Gasteiger partial charge in [0, 0.05) is 10.8 Å². The highest BCUT2D eigenvalue weighted by atomic mass is 32.1. The van der Waals surface area contributed by atoms with Crippen LogP contribution in [0, 0.1) is 0 Å². The summed E-state index contributed by atoms with van der Waals surface area (Å²) < 4.78 is 1.64. The van der Waals surface area contributed by atoms with Gasteiger partial charge < -0.3 is 0 Å². The molecule has 5 nitrogen and oxygen atoms in total. The molecular weight excluding hydrogens is 198 g/mol. The van der Waals surface area contributed by atoms with Crippen LogP contribution in [0.1, 0.15) is 0 Å². The minimum atomic E-state index is 0.772. The molecule has 0 aromatic carbocycles. The lowest BCUT2D eigenvalue weighted by atomic mass is 10.4. The molecule has 0 saturated carbocycles. The van der Waals surface area contributed by atoms with E-state index in [-0.39, 0.29) is 0 Å². The van der Waals surface area contributed by atoms with Crippen LogP contribution in [-0.2, 0) is 0 Å². The number of aromatic nitrogens is 5. The summed E-state index contributed by atoms with van der Waals surface area (Å²) in [5.74, 6) is 0.772. The average molecular weight is 203 g/mol. The molecule has 0 aliphatic carbocycles. The molecule has 0 N–H and O–H groups in total. The third kappa shape index (κ3) is 1.01. The van der Waals surface area contributed by atoms with Crippen LogP contribution in [-0.4, -0.2) is 24.7 Å². The summed E-state index contributed by atoms with van der Waals surface area (Å²) in [5.41, 5.74) is 0.940. The van der Waals surface area contributed by atoms with Crippen LogP contribution in [0.25, 0.3) is 16.7 Å². The molecule has 14 heavy (non-hydrogen) atoms. The van der Waals surface area contributed by atoms with E-state index in [0.29, 0.717) is 0 Å². The SMILES string of the molecule is c1nc(-n2cncn2)c2cscc2n1. The van der Waals surface area contributed by atoms with Crippen LogP contribution in [0.4, 0.5) is 0 Å². The topological polar surface area (TPSA) is 56.5 Å². The predicted octanol–water partition coefficient (Wildman–Crippen LogP) is 1.27. The molecule has 3 heterocycles. The van der Waals surface area contributed by atoms with Crippen molar-refractivity contribution < 1.29 is 0 Å². The second kappa shape index (κ2) is 2.85. The standard InChI is InChI=1S/C8H5N5S/c1-6-7(2-14-1)10-4-11-8(6)13-5-9-3-12-13/h1-5H. The van der Waals surface area contributed by atoms with Crippen LogP contribution in [0.3, 0.4) is 0 Å². The van der Waals surface area contributed by atoms with Gasteiger partial charge in [-0.2, -0.15) is 5.10 Å². The van der Waals surface area contributed by atoms with Gasteiger partial charge in [0.1, 0.15) is 19.0 Å². The zero-order valence-corrected chi connectivity index (χ0v) is 7.85. The number of nitrogens with zero attached hydrogens (tertiary/aromatic N) is 5. The Kier molecular flexibility index (Phi) is 1.54. The molecule has 0 aliphatic heterocycles. The molecule has 0 spiro atoms. The number of hydrogen-bond acceptors (Lipinski definition) is 5. The molecular formula is C8H5N5S. The van der Waals surface area contributed by atoms with Gasteiger partial charge in [-0.05, 0) is 0 Å². The lowest BCUT2D eigenvalue weighted by Gasteiger charge is -1.99. The molecule has 68 valence electrons. The van der Waals surface area contributed by atoms with Crippen LogP contribution >= 0.6 is 11.3 Å². The van der Waals surface area contributed by atoms with Gasteiger partial charge in [-0.1, -0.05) is 0 Å². The number of thiophene rings is 1. The minimum absolute atomic E-state index is 0.772. The number of hydrogen-bond donors (Lipinski definition) is 0. The highest BCUT2D eigenvalue weighted by Crippen LogP contribution is 2.20. The van der Waals surface area contributed by atoms with E-state index >= 15 is 0 Å². The van der Waals surface area contributed by atoms with E-state index in [1.54, 1.807) is 22.3 Å². The first kappa shape index (κ1) is 7.57. The zero-order valence-electron chi connectivity index (χ0n) is 7.03. The van der Waals surface area contributed by atoms with Crippen LogP contribution in [0.5, 0.6) is 0 Å². The molecule has 0 bridgehead atoms. The number of rotatable bonds is 1. The quantitative estimate of drug-likeness (QED) is 0.597. The Morgan fingerprint density at radius 2 is 2.14 bits per heavy atom. The Morgan fingerprint density at radius 1 is 1.14 bits per heavy atom. The van der Waals surface area contributed by atoms with Crippen molar-refractivity contribution in [1.29, 1.82) is 0 Å². The molecule has 0 atom stereocenters. The molecule has 3 rings (SSSR count). The molecule has 6 heteroatoms. The zero-order chi connectivity index (χ0) is 9.38. The Hall–Kier alpha value is -1.82. The highest BCUT2D eigenvalue weighted by molar-refractivity contribution is 7.09. The lowest BCUT2D eigenvalue weighted by Crippen LogP contribution is -1.98. The van der Waals surface area contributed by atoms with Gasteiger partial charge in [0.15, 0.2) is 5.82 Å². The van der Waals surface area contributed by atoms with Crippen molar-refractivity contribution in [1.82, 2.24) is 24.7 Å². The summed E-state index contributed by atoms with van der Waals surface area (Å²) in [6.45, 7) is 0. The van der Waals surface area contributed by atoms with Crippen LogP contribution < -0.4 is 0 Å². The van der Waals surface area contributed by atoms with Crippen LogP contribution in [0.15, 0.2) is 29.7 Å². The summed E-state index contributed by atoms with van der Waals surface area (Å²) in [5, 5.41) is 9.03. The maximum absolute atomic E-state index is 4.18. The van der Waals surface area contributed by atoms with Gasteiger partial charge in [0.2, 0.25) is 0 Å². The van der Waals surface area contributed by atoms with Gasteiger partial charge in [-0.15, -0.1) is 11.3 Å². The first-order chi connectivity index (χ1) is 6.95. The van der Waals surface area contributed by atoms with E-state index in [9.17, 15) is 0 Å². The summed E-state index contributed by atoms with van der Waals surface area (Å²) in [6, 6.07) is 0. The van der Waals surface area contributed by atoms with Gasteiger partial charge >= 0.3 is 0 Å². The second-order valence-corrected chi connectivity index (χ2v) is 3.45. The van der Waals surface area contributed by atoms with Crippen molar-refractivity contribution in [3.63, 3.8) is 0 Å². The van der Waals surface area contributed by atoms with Gasteiger partial charge in [-0.25, -0.2) is 19.6 Å². The molecule has 0 radical (unpaired) electrons. The Balaban J connectivity index is 2.36. The van der Waals surface area contributed by atoms with Crippen molar-refractivity contribution >= 4 is 22.2 Å². The molecule has 0 fully saturated rings. The molecule has 3 aromatic rings. The van der Waals surface area contributed by atoms with Crippen LogP contribution in [0.2, 0.25) is 0 Å². The van der Waals surface area contributed by atoms with E-state index in [1.165, 1.54) is 12.7 Å². The maximum atomic E-state index is 4.18. The van der Waals surface area contributed by atoms with Crippen molar-refractivity contribution in [2.45, 2.75) is 0 Å². The lowest BCUT2D eigenvalue weighted by molar-refractivity contribution is 0.850. The monoisotopic (exact) mass is 203 g/mol. The summed E-state index contributed by atoms with van der Waals surface area (Å²) in [4.78, 5) is 12.2. The van der Waals surface area contributed by atoms with Gasteiger partial charge in [0.05, 0.1) is 10.9 Å². The highest BCUT2D eigenvalue weighted by Gasteiger charge is 2.05.